The van der Waals surface area contributed by atoms with Gasteiger partial charge < -0.3 is 9.64 Å². The van der Waals surface area contributed by atoms with Gasteiger partial charge >= 0.3 is 0 Å². The van der Waals surface area contributed by atoms with E-state index in [1.54, 1.807) is 0 Å². The Bertz CT molecular complexity index is 889. The number of amides is 1. The number of ketones is 1. The standard InChI is InChI=1S/C26H33NO3/c1-16-3-4-21-22(28)15-26(30-23(21)17(16)2)5-7-27(8-6-26)24(29)25-12-18-9-19(13-25)11-20(10-18)14-25/h3-4,18-20H,5-15H2,1-2H3. The molecule has 1 aromatic rings. The van der Waals surface area contributed by atoms with Gasteiger partial charge in [0.25, 0.3) is 0 Å². The minimum atomic E-state index is -0.430. The first-order chi connectivity index (χ1) is 14.4. The van der Waals surface area contributed by atoms with E-state index in [-0.39, 0.29) is 11.2 Å². The normalized spacial score (nSPS) is 36.0. The van der Waals surface area contributed by atoms with Crippen molar-refractivity contribution in [3.05, 3.63) is 28.8 Å². The number of fused-ring (bicyclic) bond motifs is 1. The van der Waals surface area contributed by atoms with Gasteiger partial charge in [0, 0.05) is 25.9 Å². The minimum absolute atomic E-state index is 0.0667. The lowest BCUT2D eigenvalue weighted by atomic mass is 9.49. The Balaban J connectivity index is 1.20. The van der Waals surface area contributed by atoms with Crippen LogP contribution in [-0.2, 0) is 4.79 Å². The summed E-state index contributed by atoms with van der Waals surface area (Å²) in [4.78, 5) is 28.7. The molecule has 5 fully saturated rings. The van der Waals surface area contributed by atoms with E-state index in [9.17, 15) is 9.59 Å². The van der Waals surface area contributed by atoms with Crippen molar-refractivity contribution in [1.29, 1.82) is 0 Å². The molecule has 4 nitrogen and oxygen atoms in total. The van der Waals surface area contributed by atoms with Crippen molar-refractivity contribution in [3.8, 4) is 5.75 Å². The van der Waals surface area contributed by atoms with Crippen LogP contribution in [0.25, 0.3) is 0 Å². The molecule has 2 aliphatic heterocycles. The van der Waals surface area contributed by atoms with Gasteiger partial charge in [0.1, 0.15) is 11.4 Å². The molecule has 1 spiro atoms. The highest BCUT2D eigenvalue weighted by Gasteiger charge is 2.56. The number of hydrogen-bond donors (Lipinski definition) is 0. The van der Waals surface area contributed by atoms with Crippen molar-refractivity contribution in [2.45, 2.75) is 77.2 Å². The lowest BCUT2D eigenvalue weighted by Crippen LogP contribution is -2.58. The number of piperidine rings is 1. The summed E-state index contributed by atoms with van der Waals surface area (Å²) in [6, 6.07) is 3.93. The molecule has 1 amide bonds. The Hall–Kier alpha value is -1.84. The fraction of sp³-hybridized carbons (Fsp3) is 0.692. The molecule has 0 unspecified atom stereocenters. The summed E-state index contributed by atoms with van der Waals surface area (Å²) in [6.45, 7) is 5.58. The highest BCUT2D eigenvalue weighted by Crippen LogP contribution is 2.60. The van der Waals surface area contributed by atoms with E-state index in [1.165, 1.54) is 19.3 Å². The third-order valence-corrected chi connectivity index (χ3v) is 9.23. The van der Waals surface area contributed by atoms with Crippen molar-refractivity contribution >= 4 is 11.7 Å². The largest absolute Gasteiger partial charge is 0.486 e. The van der Waals surface area contributed by atoms with Gasteiger partial charge in [-0.3, -0.25) is 9.59 Å². The lowest BCUT2D eigenvalue weighted by molar-refractivity contribution is -0.161. The smallest absolute Gasteiger partial charge is 0.228 e. The lowest BCUT2D eigenvalue weighted by Gasteiger charge is -2.57. The summed E-state index contributed by atoms with van der Waals surface area (Å²) in [5.74, 6) is 3.77. The van der Waals surface area contributed by atoms with Gasteiger partial charge in [-0.05, 0) is 87.3 Å². The zero-order valence-electron chi connectivity index (χ0n) is 18.3. The first kappa shape index (κ1) is 18.9. The molecule has 2 heterocycles. The molecule has 4 saturated carbocycles. The zero-order chi connectivity index (χ0) is 20.7. The molecule has 1 aromatic carbocycles. The number of carbonyl (C=O) groups excluding carboxylic acids is 2. The molecule has 4 aliphatic carbocycles. The molecule has 0 aromatic heterocycles. The van der Waals surface area contributed by atoms with E-state index < -0.39 is 5.60 Å². The molecular formula is C26H33NO3. The van der Waals surface area contributed by atoms with Crippen LogP contribution in [-0.4, -0.2) is 35.3 Å². The van der Waals surface area contributed by atoms with Crippen LogP contribution in [0.4, 0.5) is 0 Å². The quantitative estimate of drug-likeness (QED) is 0.669. The van der Waals surface area contributed by atoms with E-state index in [4.69, 9.17) is 4.74 Å². The van der Waals surface area contributed by atoms with Gasteiger partial charge in [0.15, 0.2) is 5.78 Å². The summed E-state index contributed by atoms with van der Waals surface area (Å²) in [6.07, 6.45) is 9.45. The number of benzene rings is 1. The second-order valence-corrected chi connectivity index (χ2v) is 11.3. The van der Waals surface area contributed by atoms with Gasteiger partial charge in [0.2, 0.25) is 5.91 Å². The zero-order valence-corrected chi connectivity index (χ0v) is 18.3. The first-order valence-corrected chi connectivity index (χ1v) is 12.0. The van der Waals surface area contributed by atoms with Gasteiger partial charge in [-0.25, -0.2) is 0 Å². The molecule has 6 aliphatic rings. The van der Waals surface area contributed by atoms with Crippen LogP contribution in [0.3, 0.4) is 0 Å². The maximum atomic E-state index is 13.7. The van der Waals surface area contributed by atoms with Gasteiger partial charge in [-0.2, -0.15) is 0 Å². The summed E-state index contributed by atoms with van der Waals surface area (Å²) < 4.78 is 6.56. The monoisotopic (exact) mass is 407 g/mol. The van der Waals surface area contributed by atoms with Crippen molar-refractivity contribution < 1.29 is 14.3 Å². The van der Waals surface area contributed by atoms with Crippen molar-refractivity contribution in [2.24, 2.45) is 23.2 Å². The van der Waals surface area contributed by atoms with Crippen LogP contribution < -0.4 is 4.74 Å². The van der Waals surface area contributed by atoms with Crippen molar-refractivity contribution in [3.63, 3.8) is 0 Å². The van der Waals surface area contributed by atoms with Crippen LogP contribution in [0.5, 0.6) is 5.75 Å². The van der Waals surface area contributed by atoms with Gasteiger partial charge in [-0.1, -0.05) is 6.07 Å². The summed E-state index contributed by atoms with van der Waals surface area (Å²) >= 11 is 0. The summed E-state index contributed by atoms with van der Waals surface area (Å²) in [5, 5.41) is 0. The third kappa shape index (κ3) is 2.71. The number of hydrogen-bond acceptors (Lipinski definition) is 3. The average Bonchev–Trinajstić information content (AvgIpc) is 2.70. The Kier molecular flexibility index (Phi) is 3.99. The number of aryl methyl sites for hydroxylation is 1. The minimum Gasteiger partial charge on any atom is -0.486 e. The predicted molar refractivity (Wildman–Crippen MR) is 115 cm³/mol. The van der Waals surface area contributed by atoms with Crippen LogP contribution in [0, 0.1) is 37.0 Å². The first-order valence-electron chi connectivity index (χ1n) is 12.0. The Morgan fingerprint density at radius 3 is 2.20 bits per heavy atom. The van der Waals surface area contributed by atoms with E-state index in [0.717, 1.165) is 85.4 Å². The van der Waals surface area contributed by atoms with Crippen LogP contribution in [0.1, 0.15) is 79.3 Å². The fourth-order valence-electron chi connectivity index (χ4n) is 7.89. The molecule has 7 rings (SSSR count). The third-order valence-electron chi connectivity index (χ3n) is 9.23. The van der Waals surface area contributed by atoms with E-state index in [0.29, 0.717) is 12.3 Å². The van der Waals surface area contributed by atoms with Crippen molar-refractivity contribution in [2.75, 3.05) is 13.1 Å². The molecule has 30 heavy (non-hydrogen) atoms. The van der Waals surface area contributed by atoms with E-state index >= 15 is 0 Å². The molecule has 0 atom stereocenters. The number of Topliss-reactive ketones (excluding diaryl/α,β-unsaturated/α-hetero) is 1. The molecule has 4 bridgehead atoms. The molecule has 160 valence electrons. The average molecular weight is 408 g/mol. The number of ether oxygens (including phenoxy) is 1. The fourth-order valence-corrected chi connectivity index (χ4v) is 7.89. The number of carbonyl (C=O) groups is 2. The molecule has 1 saturated heterocycles. The van der Waals surface area contributed by atoms with Crippen LogP contribution in [0.2, 0.25) is 0 Å². The second kappa shape index (κ2) is 6.34. The highest BCUT2D eigenvalue weighted by molar-refractivity contribution is 6.01. The Morgan fingerprint density at radius 1 is 1.00 bits per heavy atom. The van der Waals surface area contributed by atoms with E-state index in [2.05, 4.69) is 11.8 Å². The predicted octanol–water partition coefficient (Wildman–Crippen LogP) is 4.85. The number of nitrogens with zero attached hydrogens (tertiary/aromatic N) is 1. The van der Waals surface area contributed by atoms with Crippen LogP contribution >= 0.6 is 0 Å². The molecule has 4 heteroatoms. The topological polar surface area (TPSA) is 46.6 Å². The van der Waals surface area contributed by atoms with E-state index in [1.807, 2.05) is 19.1 Å². The maximum Gasteiger partial charge on any atom is 0.228 e. The van der Waals surface area contributed by atoms with Crippen LogP contribution in [0.15, 0.2) is 12.1 Å². The number of likely N-dealkylation sites (tertiary alicyclic amines) is 1. The summed E-state index contributed by atoms with van der Waals surface area (Å²) in [7, 11) is 0. The Labute approximate surface area is 179 Å². The second-order valence-electron chi connectivity index (χ2n) is 11.3. The van der Waals surface area contributed by atoms with Crippen molar-refractivity contribution in [1.82, 2.24) is 4.90 Å². The molecular weight excluding hydrogens is 374 g/mol. The summed E-state index contributed by atoms with van der Waals surface area (Å²) in [5.41, 5.74) is 2.47. The molecule has 0 N–H and O–H groups in total. The maximum absolute atomic E-state index is 13.7. The van der Waals surface area contributed by atoms with Gasteiger partial charge in [-0.15, -0.1) is 0 Å². The Morgan fingerprint density at radius 2 is 1.60 bits per heavy atom. The SMILES string of the molecule is Cc1ccc2c(c1C)OC1(CCN(C(=O)C34CC5CC(CC(C5)C3)C4)CC1)CC2=O. The van der Waals surface area contributed by atoms with Gasteiger partial charge in [0.05, 0.1) is 17.4 Å². The number of rotatable bonds is 1. The highest BCUT2D eigenvalue weighted by atomic mass is 16.5. The molecule has 0 radical (unpaired) electrons.